The first-order valence-electron chi connectivity index (χ1n) is 6.31. The molecule has 1 saturated heterocycles. The second-order valence-electron chi connectivity index (χ2n) is 4.69. The third-order valence-corrected chi connectivity index (χ3v) is 3.43. The molecular formula is C13H15F5N2. The lowest BCUT2D eigenvalue weighted by atomic mass is 10.0. The minimum absolute atomic E-state index is 0.0256. The summed E-state index contributed by atoms with van der Waals surface area (Å²) in [6, 6.07) is 1.42. The first kappa shape index (κ1) is 15.2. The molecule has 7 heteroatoms. The highest BCUT2D eigenvalue weighted by atomic mass is 19.4. The molecule has 0 aliphatic carbocycles. The van der Waals surface area contributed by atoms with E-state index in [-0.39, 0.29) is 5.56 Å². The smallest absolute Gasteiger partial charge is 0.314 e. The van der Waals surface area contributed by atoms with Crippen LogP contribution in [0, 0.1) is 5.82 Å². The molecule has 1 atom stereocenters. The Labute approximate surface area is 113 Å². The Hall–Kier alpha value is -1.21. The van der Waals surface area contributed by atoms with Gasteiger partial charge in [-0.15, -0.1) is 0 Å². The molecule has 1 aromatic rings. The van der Waals surface area contributed by atoms with Gasteiger partial charge >= 0.3 is 6.18 Å². The molecule has 1 aromatic carbocycles. The van der Waals surface area contributed by atoms with E-state index in [4.69, 9.17) is 0 Å². The minimum Gasteiger partial charge on any atom is -0.314 e. The van der Waals surface area contributed by atoms with Crippen molar-refractivity contribution in [2.24, 2.45) is 0 Å². The van der Waals surface area contributed by atoms with E-state index in [9.17, 15) is 22.0 Å². The highest BCUT2D eigenvalue weighted by molar-refractivity contribution is 5.29. The van der Waals surface area contributed by atoms with Crippen LogP contribution < -0.4 is 5.32 Å². The van der Waals surface area contributed by atoms with Gasteiger partial charge in [0.25, 0.3) is 0 Å². The maximum absolute atomic E-state index is 13.9. The molecule has 0 bridgehead atoms. The number of alkyl halides is 4. The molecule has 2 nitrogen and oxygen atoms in total. The molecule has 0 radical (unpaired) electrons. The average Bonchev–Trinajstić information content (AvgIpc) is 2.41. The summed E-state index contributed by atoms with van der Waals surface area (Å²) >= 11 is 0. The van der Waals surface area contributed by atoms with E-state index in [1.54, 1.807) is 4.90 Å². The first-order chi connectivity index (χ1) is 9.43. The monoisotopic (exact) mass is 294 g/mol. The van der Waals surface area contributed by atoms with E-state index in [0.29, 0.717) is 32.2 Å². The number of benzene rings is 1. The van der Waals surface area contributed by atoms with Crippen LogP contribution in [0.25, 0.3) is 0 Å². The van der Waals surface area contributed by atoms with Crippen LogP contribution in [0.3, 0.4) is 0 Å². The van der Waals surface area contributed by atoms with Crippen LogP contribution in [0.15, 0.2) is 18.2 Å². The van der Waals surface area contributed by atoms with Crippen molar-refractivity contribution >= 4 is 0 Å². The Morgan fingerprint density at radius 2 is 1.85 bits per heavy atom. The molecule has 0 spiro atoms. The van der Waals surface area contributed by atoms with Crippen LogP contribution in [-0.2, 0) is 6.18 Å². The van der Waals surface area contributed by atoms with E-state index >= 15 is 0 Å². The zero-order chi connectivity index (χ0) is 14.8. The normalized spacial score (nSPS) is 19.1. The van der Waals surface area contributed by atoms with Gasteiger partial charge in [0.1, 0.15) is 12.5 Å². The highest BCUT2D eigenvalue weighted by Crippen LogP contribution is 2.32. The quantitative estimate of drug-likeness (QED) is 0.862. The van der Waals surface area contributed by atoms with Crippen molar-refractivity contribution in [2.45, 2.75) is 12.2 Å². The van der Waals surface area contributed by atoms with Gasteiger partial charge in [-0.1, -0.05) is 6.07 Å². The number of rotatable bonds is 3. The van der Waals surface area contributed by atoms with Gasteiger partial charge < -0.3 is 5.32 Å². The largest absolute Gasteiger partial charge is 0.416 e. The fourth-order valence-corrected chi connectivity index (χ4v) is 2.34. The van der Waals surface area contributed by atoms with Gasteiger partial charge in [0.2, 0.25) is 0 Å². The summed E-state index contributed by atoms with van der Waals surface area (Å²) in [6.07, 6.45) is -4.60. The highest BCUT2D eigenvalue weighted by Gasteiger charge is 2.32. The van der Waals surface area contributed by atoms with Crippen LogP contribution in [0.2, 0.25) is 0 Å². The van der Waals surface area contributed by atoms with Crippen molar-refractivity contribution in [3.05, 3.63) is 35.1 Å². The summed E-state index contributed by atoms with van der Waals surface area (Å²) in [4.78, 5) is 1.74. The molecule has 1 fully saturated rings. The van der Waals surface area contributed by atoms with Crippen molar-refractivity contribution in [1.82, 2.24) is 10.2 Å². The molecule has 2 rings (SSSR count). The fraction of sp³-hybridized carbons (Fsp3) is 0.538. The van der Waals surface area contributed by atoms with Gasteiger partial charge in [-0.25, -0.2) is 8.78 Å². The summed E-state index contributed by atoms with van der Waals surface area (Å²) in [5, 5.41) is 3.08. The third-order valence-electron chi connectivity index (χ3n) is 3.43. The topological polar surface area (TPSA) is 15.3 Å². The van der Waals surface area contributed by atoms with Gasteiger partial charge in [0, 0.05) is 31.7 Å². The summed E-state index contributed by atoms with van der Waals surface area (Å²) in [5.74, 6) is -1.01. The van der Waals surface area contributed by atoms with E-state index in [1.807, 2.05) is 0 Å². The zero-order valence-corrected chi connectivity index (χ0v) is 10.7. The number of halogens is 5. The Morgan fingerprint density at radius 1 is 1.20 bits per heavy atom. The second kappa shape index (κ2) is 6.05. The van der Waals surface area contributed by atoms with E-state index in [0.717, 1.165) is 12.1 Å². The molecule has 1 aliphatic heterocycles. The molecule has 0 saturated carbocycles. The molecule has 0 amide bonds. The Balaban J connectivity index is 2.26. The zero-order valence-electron chi connectivity index (χ0n) is 10.7. The molecule has 112 valence electrons. The predicted octanol–water partition coefficient (Wildman–Crippen LogP) is 2.76. The second-order valence-corrected chi connectivity index (χ2v) is 4.69. The molecule has 1 aliphatic rings. The average molecular weight is 294 g/mol. The van der Waals surface area contributed by atoms with Gasteiger partial charge in [-0.2, -0.15) is 13.2 Å². The van der Waals surface area contributed by atoms with Gasteiger partial charge in [-0.3, -0.25) is 4.90 Å². The summed E-state index contributed by atoms with van der Waals surface area (Å²) in [6.45, 7) is 1.55. The fourth-order valence-electron chi connectivity index (χ4n) is 2.34. The van der Waals surface area contributed by atoms with Crippen molar-refractivity contribution in [3.63, 3.8) is 0 Å². The van der Waals surface area contributed by atoms with E-state index in [1.165, 1.54) is 0 Å². The standard InChI is InChI=1S/C13H15F5N2/c14-8-12(20-5-3-19-4-6-20)10-2-1-9(7-11(10)15)13(16,17)18/h1-2,7,12,19H,3-6,8H2/t12-/m1/s1. The molecule has 0 aromatic heterocycles. The lowest BCUT2D eigenvalue weighted by molar-refractivity contribution is -0.137. The first-order valence-corrected chi connectivity index (χ1v) is 6.31. The lowest BCUT2D eigenvalue weighted by Gasteiger charge is -2.33. The van der Waals surface area contributed by atoms with Crippen molar-refractivity contribution in [3.8, 4) is 0 Å². The van der Waals surface area contributed by atoms with Gasteiger partial charge in [-0.05, 0) is 12.1 Å². The third kappa shape index (κ3) is 3.27. The van der Waals surface area contributed by atoms with Crippen LogP contribution >= 0.6 is 0 Å². The Morgan fingerprint density at radius 3 is 2.35 bits per heavy atom. The molecule has 20 heavy (non-hydrogen) atoms. The van der Waals surface area contributed by atoms with Crippen LogP contribution in [0.1, 0.15) is 17.2 Å². The van der Waals surface area contributed by atoms with E-state index < -0.39 is 30.3 Å². The number of nitrogens with one attached hydrogen (secondary N) is 1. The maximum Gasteiger partial charge on any atom is 0.416 e. The molecule has 1 N–H and O–H groups in total. The van der Waals surface area contributed by atoms with Gasteiger partial charge in [0.15, 0.2) is 0 Å². The Kier molecular flexibility index (Phi) is 4.59. The van der Waals surface area contributed by atoms with Crippen molar-refractivity contribution < 1.29 is 22.0 Å². The molecule has 0 unspecified atom stereocenters. The summed E-state index contributed by atoms with van der Waals surface area (Å²) in [7, 11) is 0. The number of piperazine rings is 1. The molecule has 1 heterocycles. The number of hydrogen-bond donors (Lipinski definition) is 1. The molecular weight excluding hydrogens is 279 g/mol. The SMILES string of the molecule is FC[C@H](c1ccc(C(F)(F)F)cc1F)N1CCNCC1. The number of hydrogen-bond acceptors (Lipinski definition) is 2. The lowest BCUT2D eigenvalue weighted by Crippen LogP contribution is -2.45. The van der Waals surface area contributed by atoms with Crippen LogP contribution in [0.5, 0.6) is 0 Å². The summed E-state index contributed by atoms with van der Waals surface area (Å²) < 4.78 is 64.5. The minimum atomic E-state index is -4.60. The predicted molar refractivity (Wildman–Crippen MR) is 64.6 cm³/mol. The van der Waals surface area contributed by atoms with Gasteiger partial charge in [0.05, 0.1) is 11.6 Å². The number of nitrogens with zero attached hydrogens (tertiary/aromatic N) is 1. The Bertz CT molecular complexity index is 455. The van der Waals surface area contributed by atoms with Crippen LogP contribution in [0.4, 0.5) is 22.0 Å². The van der Waals surface area contributed by atoms with Crippen molar-refractivity contribution in [1.29, 1.82) is 0 Å². The van der Waals surface area contributed by atoms with Crippen molar-refractivity contribution in [2.75, 3.05) is 32.9 Å². The maximum atomic E-state index is 13.9. The van der Waals surface area contributed by atoms with Crippen LogP contribution in [-0.4, -0.2) is 37.8 Å². The van der Waals surface area contributed by atoms with E-state index in [2.05, 4.69) is 5.32 Å². The summed E-state index contributed by atoms with van der Waals surface area (Å²) in [5.41, 5.74) is -1.08.